The van der Waals surface area contributed by atoms with E-state index in [0.717, 1.165) is 0 Å². The van der Waals surface area contributed by atoms with Gasteiger partial charge >= 0.3 is 0 Å². The first-order valence-corrected chi connectivity index (χ1v) is 1.85. The number of carbonyl (C=O) groups excluding carboxylic acids is 1. The molecule has 0 aliphatic carbocycles. The van der Waals surface area contributed by atoms with Gasteiger partial charge in [-0.25, -0.2) is 0 Å². The van der Waals surface area contributed by atoms with Crippen LogP contribution in [0.5, 0.6) is 0 Å². The fourth-order valence-corrected chi connectivity index (χ4v) is 0.0962. The maximum atomic E-state index is 9.61. The van der Waals surface area contributed by atoms with Gasteiger partial charge < -0.3 is 21.4 Å². The van der Waals surface area contributed by atoms with Crippen molar-refractivity contribution in [3.05, 3.63) is 0 Å². The van der Waals surface area contributed by atoms with Crippen LogP contribution in [0.15, 0.2) is 0 Å². The summed E-state index contributed by atoms with van der Waals surface area (Å²) in [5.41, 5.74) is 9.66. The van der Waals surface area contributed by atoms with E-state index < -0.39 is 12.0 Å². The lowest BCUT2D eigenvalue weighted by Gasteiger charge is -2.06. The van der Waals surface area contributed by atoms with E-state index in [0.29, 0.717) is 0 Å². The van der Waals surface area contributed by atoms with Gasteiger partial charge in [-0.1, -0.05) is 0 Å². The van der Waals surface area contributed by atoms with Gasteiger partial charge in [0.25, 0.3) is 0 Å². The van der Waals surface area contributed by atoms with E-state index in [-0.39, 0.29) is 6.54 Å². The predicted molar refractivity (Wildman–Crippen MR) is 22.0 cm³/mol. The smallest absolute Gasteiger partial charge is 0.0595 e. The minimum absolute atomic E-state index is 0.0671. The van der Waals surface area contributed by atoms with Crippen LogP contribution in [0.2, 0.25) is 0 Å². The highest BCUT2D eigenvalue weighted by Crippen LogP contribution is 1.63. The van der Waals surface area contributed by atoms with Crippen LogP contribution in [0.25, 0.3) is 0 Å². The van der Waals surface area contributed by atoms with Gasteiger partial charge in [0, 0.05) is 6.54 Å². The maximum absolute atomic E-state index is 9.61. The van der Waals surface area contributed by atoms with Crippen molar-refractivity contribution in [2.24, 2.45) is 11.5 Å². The Hall–Kier alpha value is -0.610. The summed E-state index contributed by atoms with van der Waals surface area (Å²) < 4.78 is 0. The first-order valence-electron chi connectivity index (χ1n) is 1.85. The molecule has 0 aliphatic heterocycles. The maximum Gasteiger partial charge on any atom is 0.0595 e. The van der Waals surface area contributed by atoms with Gasteiger partial charge in [-0.2, -0.15) is 0 Å². The van der Waals surface area contributed by atoms with Gasteiger partial charge in [0.1, 0.15) is 0 Å². The molecule has 0 spiro atoms. The Bertz CT molecular complexity index is 73.3. The van der Waals surface area contributed by atoms with Crippen molar-refractivity contribution in [3.8, 4) is 0 Å². The zero-order chi connectivity index (χ0) is 5.86. The van der Waals surface area contributed by atoms with E-state index in [1.54, 1.807) is 0 Å². The Morgan fingerprint density at radius 1 is 1.86 bits per heavy atom. The van der Waals surface area contributed by atoms with E-state index >= 15 is 0 Å². The Labute approximate surface area is 41.1 Å². The fourth-order valence-electron chi connectivity index (χ4n) is 0.0962. The third-order valence-corrected chi connectivity index (χ3v) is 0.557. The standard InChI is InChI=1S/C3H8N2O2/c4-1-2(5)3(6)7/h2H,1,4-5H2,(H,6,7)/p-1. The Morgan fingerprint density at radius 2 is 2.29 bits per heavy atom. The predicted octanol–water partition coefficient (Wildman–Crippen LogP) is -2.98. The number of carboxylic acids is 1. The lowest BCUT2D eigenvalue weighted by atomic mass is 10.3. The molecule has 0 fully saturated rings. The van der Waals surface area contributed by atoms with Crippen LogP contribution in [0.1, 0.15) is 0 Å². The quantitative estimate of drug-likeness (QED) is 0.390. The zero-order valence-corrected chi connectivity index (χ0v) is 3.76. The van der Waals surface area contributed by atoms with Crippen molar-refractivity contribution in [1.29, 1.82) is 0 Å². The summed E-state index contributed by atoms with van der Waals surface area (Å²) >= 11 is 0. The monoisotopic (exact) mass is 103 g/mol. The average molecular weight is 103 g/mol. The molecule has 7 heavy (non-hydrogen) atoms. The second-order valence-electron chi connectivity index (χ2n) is 1.16. The fraction of sp³-hybridized carbons (Fsp3) is 0.667. The van der Waals surface area contributed by atoms with Crippen molar-refractivity contribution in [2.75, 3.05) is 6.54 Å². The molecule has 1 atom stereocenters. The van der Waals surface area contributed by atoms with Crippen LogP contribution in [-0.2, 0) is 4.79 Å². The SMILES string of the molecule is NCC(N)C(=O)[O-]. The highest BCUT2D eigenvalue weighted by molar-refractivity contribution is 5.70. The molecule has 0 amide bonds. The molecule has 0 aliphatic rings. The number of nitrogens with two attached hydrogens (primary N) is 2. The lowest BCUT2D eigenvalue weighted by Crippen LogP contribution is -2.46. The highest BCUT2D eigenvalue weighted by Gasteiger charge is 1.95. The number of carboxylic acid groups (broad SMARTS) is 1. The number of carbonyl (C=O) groups is 1. The third kappa shape index (κ3) is 2.13. The zero-order valence-electron chi connectivity index (χ0n) is 3.76. The van der Waals surface area contributed by atoms with E-state index in [9.17, 15) is 9.90 Å². The van der Waals surface area contributed by atoms with Crippen LogP contribution in [0.4, 0.5) is 0 Å². The molecule has 0 bridgehead atoms. The molecular weight excluding hydrogens is 96.0 g/mol. The molecule has 0 aromatic carbocycles. The molecule has 0 saturated heterocycles. The van der Waals surface area contributed by atoms with Crippen molar-refractivity contribution in [3.63, 3.8) is 0 Å². The average Bonchev–Trinajstić information content (AvgIpc) is 1.65. The Morgan fingerprint density at radius 3 is 2.29 bits per heavy atom. The Kier molecular flexibility index (Phi) is 2.32. The first-order chi connectivity index (χ1) is 3.18. The molecule has 1 unspecified atom stereocenters. The molecule has 0 saturated carbocycles. The summed E-state index contributed by atoms with van der Waals surface area (Å²) in [6.45, 7) is -0.0671. The summed E-state index contributed by atoms with van der Waals surface area (Å²) in [6.07, 6.45) is 0. The largest absolute Gasteiger partial charge is 0.548 e. The van der Waals surface area contributed by atoms with Crippen molar-refractivity contribution in [1.82, 2.24) is 0 Å². The van der Waals surface area contributed by atoms with Crippen LogP contribution in [0, 0.1) is 0 Å². The minimum Gasteiger partial charge on any atom is -0.548 e. The van der Waals surface area contributed by atoms with Gasteiger partial charge in [0.15, 0.2) is 0 Å². The number of hydrogen-bond donors (Lipinski definition) is 2. The van der Waals surface area contributed by atoms with Crippen LogP contribution < -0.4 is 16.6 Å². The van der Waals surface area contributed by atoms with Crippen molar-refractivity contribution in [2.45, 2.75) is 6.04 Å². The van der Waals surface area contributed by atoms with E-state index in [2.05, 4.69) is 0 Å². The molecule has 4 N–H and O–H groups in total. The van der Waals surface area contributed by atoms with Gasteiger partial charge in [-0.3, -0.25) is 0 Å². The van der Waals surface area contributed by atoms with Gasteiger partial charge in [-0.05, 0) is 0 Å². The van der Waals surface area contributed by atoms with E-state index in [1.807, 2.05) is 0 Å². The van der Waals surface area contributed by atoms with Crippen LogP contribution in [-0.4, -0.2) is 18.6 Å². The molecule has 0 heterocycles. The molecule has 0 aromatic heterocycles. The molecule has 4 heteroatoms. The summed E-state index contributed by atoms with van der Waals surface area (Å²) in [5, 5.41) is 9.61. The first kappa shape index (κ1) is 6.39. The molecular formula is C3H7N2O2-. The molecule has 0 aromatic rings. The van der Waals surface area contributed by atoms with Gasteiger partial charge in [0.2, 0.25) is 0 Å². The topological polar surface area (TPSA) is 92.2 Å². The molecule has 4 nitrogen and oxygen atoms in total. The van der Waals surface area contributed by atoms with Crippen LogP contribution >= 0.6 is 0 Å². The van der Waals surface area contributed by atoms with E-state index in [1.165, 1.54) is 0 Å². The van der Waals surface area contributed by atoms with Crippen molar-refractivity contribution < 1.29 is 9.90 Å². The molecule has 0 rings (SSSR count). The Balaban J connectivity index is 3.34. The molecule has 42 valence electrons. The minimum atomic E-state index is -1.30. The number of aliphatic carboxylic acids is 1. The third-order valence-electron chi connectivity index (χ3n) is 0.557. The summed E-state index contributed by atoms with van der Waals surface area (Å²) in [4.78, 5) is 9.61. The molecule has 0 radical (unpaired) electrons. The lowest BCUT2D eigenvalue weighted by molar-refractivity contribution is -0.307. The van der Waals surface area contributed by atoms with E-state index in [4.69, 9.17) is 11.5 Å². The summed E-state index contributed by atoms with van der Waals surface area (Å²) in [5.74, 6) is -1.30. The normalized spacial score (nSPS) is 13.4. The second kappa shape index (κ2) is 2.54. The summed E-state index contributed by atoms with van der Waals surface area (Å²) in [6, 6.07) is -1.01. The van der Waals surface area contributed by atoms with Gasteiger partial charge in [0.05, 0.1) is 12.0 Å². The van der Waals surface area contributed by atoms with Gasteiger partial charge in [-0.15, -0.1) is 0 Å². The second-order valence-corrected chi connectivity index (χ2v) is 1.16. The summed E-state index contributed by atoms with van der Waals surface area (Å²) in [7, 11) is 0. The number of hydrogen-bond acceptors (Lipinski definition) is 4. The van der Waals surface area contributed by atoms with Crippen molar-refractivity contribution >= 4 is 5.97 Å². The highest BCUT2D eigenvalue weighted by atomic mass is 16.4. The van der Waals surface area contributed by atoms with Crippen LogP contribution in [0.3, 0.4) is 0 Å². The number of rotatable bonds is 2.